The predicted molar refractivity (Wildman–Crippen MR) is 75.9 cm³/mol. The zero-order chi connectivity index (χ0) is 12.9. The topological polar surface area (TPSA) is 26.0 Å². The molecular weight excluding hydrogens is 206 g/mol. The monoisotopic (exact) mass is 231 g/mol. The molecule has 0 saturated carbocycles. The minimum Gasteiger partial charge on any atom is -0.326 e. The number of benzene rings is 1. The highest BCUT2D eigenvalue weighted by molar-refractivity contribution is 5.27. The maximum atomic E-state index is 5.74. The van der Waals surface area contributed by atoms with Crippen LogP contribution in [0.4, 0.5) is 0 Å². The van der Waals surface area contributed by atoms with Crippen LogP contribution >= 0.6 is 0 Å². The Morgan fingerprint density at radius 2 is 1.76 bits per heavy atom. The van der Waals surface area contributed by atoms with Crippen molar-refractivity contribution in [1.29, 1.82) is 0 Å². The van der Waals surface area contributed by atoms with Crippen molar-refractivity contribution >= 4 is 0 Å². The van der Waals surface area contributed by atoms with Gasteiger partial charge < -0.3 is 5.73 Å². The number of rotatable bonds is 5. The van der Waals surface area contributed by atoms with Crippen LogP contribution in [0.2, 0.25) is 0 Å². The number of hydrogen-bond donors (Lipinski definition) is 1. The van der Waals surface area contributed by atoms with Crippen molar-refractivity contribution in [3.63, 3.8) is 0 Å². The van der Waals surface area contributed by atoms with Crippen molar-refractivity contribution in [3.05, 3.63) is 47.5 Å². The Bertz CT molecular complexity index is 371. The molecule has 0 aromatic heterocycles. The van der Waals surface area contributed by atoms with E-state index in [1.54, 1.807) is 0 Å². The van der Waals surface area contributed by atoms with Gasteiger partial charge in [0.05, 0.1) is 0 Å². The molecule has 0 bridgehead atoms. The van der Waals surface area contributed by atoms with E-state index in [0.717, 1.165) is 19.3 Å². The highest BCUT2D eigenvalue weighted by atomic mass is 14.5. The van der Waals surface area contributed by atoms with E-state index < -0.39 is 0 Å². The fourth-order valence-electron chi connectivity index (χ4n) is 2.15. The van der Waals surface area contributed by atoms with Gasteiger partial charge in [0.2, 0.25) is 0 Å². The van der Waals surface area contributed by atoms with Crippen molar-refractivity contribution in [1.82, 2.24) is 0 Å². The first-order chi connectivity index (χ1) is 7.92. The molecule has 0 amide bonds. The third-order valence-electron chi connectivity index (χ3n) is 2.87. The molecule has 0 radical (unpaired) electrons. The second-order valence-corrected chi connectivity index (χ2v) is 5.96. The predicted octanol–water partition coefficient (Wildman–Crippen LogP) is 4.07. The molecule has 0 aliphatic rings. The number of nitrogens with two attached hydrogens (primary N) is 1. The summed E-state index contributed by atoms with van der Waals surface area (Å²) >= 11 is 0. The molecule has 1 nitrogen and oxygen atoms in total. The van der Waals surface area contributed by atoms with Gasteiger partial charge in [-0.25, -0.2) is 0 Å². The quantitative estimate of drug-likeness (QED) is 0.759. The molecule has 1 rings (SSSR count). The minimum atomic E-state index is 0.338. The van der Waals surface area contributed by atoms with E-state index in [9.17, 15) is 0 Å². The average molecular weight is 231 g/mol. The molecule has 94 valence electrons. The summed E-state index contributed by atoms with van der Waals surface area (Å²) in [5.74, 6) is 0. The van der Waals surface area contributed by atoms with Gasteiger partial charge in [0.25, 0.3) is 0 Å². The van der Waals surface area contributed by atoms with Crippen molar-refractivity contribution in [3.8, 4) is 0 Å². The number of allylic oxidation sites excluding steroid dienone is 1. The molecule has 0 aliphatic carbocycles. The lowest BCUT2D eigenvalue weighted by Gasteiger charge is -2.20. The molecule has 0 saturated heterocycles. The summed E-state index contributed by atoms with van der Waals surface area (Å²) in [6.45, 7) is 11.6. The zero-order valence-corrected chi connectivity index (χ0v) is 11.4. The van der Waals surface area contributed by atoms with Crippen LogP contribution in [0.1, 0.15) is 44.7 Å². The third-order valence-corrected chi connectivity index (χ3v) is 2.87. The van der Waals surface area contributed by atoms with Crippen molar-refractivity contribution in [2.24, 2.45) is 11.1 Å². The Morgan fingerprint density at radius 3 is 2.29 bits per heavy atom. The molecule has 1 aromatic carbocycles. The lowest BCUT2D eigenvalue weighted by atomic mass is 9.86. The summed E-state index contributed by atoms with van der Waals surface area (Å²) in [6.07, 6.45) is 3.22. The van der Waals surface area contributed by atoms with Gasteiger partial charge in [-0.05, 0) is 35.8 Å². The van der Waals surface area contributed by atoms with Crippen LogP contribution in [0.3, 0.4) is 0 Å². The summed E-state index contributed by atoms with van der Waals surface area (Å²) in [6, 6.07) is 8.42. The van der Waals surface area contributed by atoms with E-state index in [-0.39, 0.29) is 0 Å². The fraction of sp³-hybridized carbons (Fsp3) is 0.500. The summed E-state index contributed by atoms with van der Waals surface area (Å²) in [5.41, 5.74) is 10.0. The Morgan fingerprint density at radius 1 is 1.18 bits per heavy atom. The van der Waals surface area contributed by atoms with Gasteiger partial charge in [0.1, 0.15) is 0 Å². The molecule has 0 heterocycles. The SMILES string of the molecule is C=C(CCc1ccccc1CN)CC(C)(C)C. The van der Waals surface area contributed by atoms with Gasteiger partial charge in [-0.2, -0.15) is 0 Å². The molecule has 0 unspecified atom stereocenters. The second-order valence-electron chi connectivity index (χ2n) is 5.96. The molecule has 2 N–H and O–H groups in total. The van der Waals surface area contributed by atoms with Crippen molar-refractivity contribution < 1.29 is 0 Å². The van der Waals surface area contributed by atoms with Gasteiger partial charge in [-0.3, -0.25) is 0 Å². The number of aryl methyl sites for hydroxylation is 1. The van der Waals surface area contributed by atoms with Gasteiger partial charge in [-0.15, -0.1) is 0 Å². The van der Waals surface area contributed by atoms with Gasteiger partial charge >= 0.3 is 0 Å². The molecule has 1 aromatic rings. The second kappa shape index (κ2) is 6.02. The maximum absolute atomic E-state index is 5.74. The van der Waals surface area contributed by atoms with Gasteiger partial charge in [0.15, 0.2) is 0 Å². The molecule has 1 heteroatoms. The van der Waals surface area contributed by atoms with E-state index in [1.165, 1.54) is 16.7 Å². The van der Waals surface area contributed by atoms with E-state index >= 15 is 0 Å². The van der Waals surface area contributed by atoms with Crippen molar-refractivity contribution in [2.45, 2.75) is 46.6 Å². The van der Waals surface area contributed by atoms with Crippen LogP contribution < -0.4 is 5.73 Å². The molecular formula is C16H25N. The van der Waals surface area contributed by atoms with Crippen LogP contribution in [0.25, 0.3) is 0 Å². The first kappa shape index (κ1) is 14.0. The van der Waals surface area contributed by atoms with Gasteiger partial charge in [0, 0.05) is 6.54 Å². The van der Waals surface area contributed by atoms with Crippen LogP contribution in [0, 0.1) is 5.41 Å². The van der Waals surface area contributed by atoms with Crippen LogP contribution in [0.15, 0.2) is 36.4 Å². The summed E-state index contributed by atoms with van der Waals surface area (Å²) in [7, 11) is 0. The van der Waals surface area contributed by atoms with Crippen LogP contribution in [0.5, 0.6) is 0 Å². The first-order valence-corrected chi connectivity index (χ1v) is 6.36. The van der Waals surface area contributed by atoms with Gasteiger partial charge in [-0.1, -0.05) is 57.2 Å². The molecule has 0 fully saturated rings. The zero-order valence-electron chi connectivity index (χ0n) is 11.4. The largest absolute Gasteiger partial charge is 0.326 e. The molecule has 0 atom stereocenters. The van der Waals surface area contributed by atoms with E-state index in [1.807, 2.05) is 0 Å². The fourth-order valence-corrected chi connectivity index (χ4v) is 2.15. The highest BCUT2D eigenvalue weighted by Gasteiger charge is 2.12. The smallest absolute Gasteiger partial charge is 0.0180 e. The minimum absolute atomic E-state index is 0.338. The Kier molecular flexibility index (Phi) is 4.95. The van der Waals surface area contributed by atoms with Crippen LogP contribution in [-0.2, 0) is 13.0 Å². The average Bonchev–Trinajstić information content (AvgIpc) is 2.24. The standard InChI is InChI=1S/C16H25N/c1-13(11-16(2,3)4)9-10-14-7-5-6-8-15(14)12-17/h5-8H,1,9-12,17H2,2-4H3. The lowest BCUT2D eigenvalue weighted by molar-refractivity contribution is 0.404. The summed E-state index contributed by atoms with van der Waals surface area (Å²) < 4.78 is 0. The summed E-state index contributed by atoms with van der Waals surface area (Å²) in [5, 5.41) is 0. The molecule has 0 aliphatic heterocycles. The molecule has 0 spiro atoms. The third kappa shape index (κ3) is 5.18. The van der Waals surface area contributed by atoms with E-state index in [2.05, 4.69) is 51.6 Å². The first-order valence-electron chi connectivity index (χ1n) is 6.36. The van der Waals surface area contributed by atoms with Crippen molar-refractivity contribution in [2.75, 3.05) is 0 Å². The Balaban J connectivity index is 2.53. The Hall–Kier alpha value is -1.08. The lowest BCUT2D eigenvalue weighted by Crippen LogP contribution is -2.07. The number of hydrogen-bond acceptors (Lipinski definition) is 1. The maximum Gasteiger partial charge on any atom is 0.0180 e. The molecule has 17 heavy (non-hydrogen) atoms. The summed E-state index contributed by atoms with van der Waals surface area (Å²) in [4.78, 5) is 0. The highest BCUT2D eigenvalue weighted by Crippen LogP contribution is 2.25. The normalized spacial score (nSPS) is 11.5. The van der Waals surface area contributed by atoms with E-state index in [4.69, 9.17) is 5.73 Å². The Labute approximate surface area is 106 Å². The van der Waals surface area contributed by atoms with E-state index in [0.29, 0.717) is 12.0 Å². The van der Waals surface area contributed by atoms with Crippen LogP contribution in [-0.4, -0.2) is 0 Å².